The largest absolute Gasteiger partial charge is 0.106 e. The summed E-state index contributed by atoms with van der Waals surface area (Å²) in [5.41, 5.74) is 1.81. The number of hydrogen-bond donors (Lipinski definition) is 0. The molecule has 0 aliphatic rings. The Morgan fingerprint density at radius 2 is 1.06 bits per heavy atom. The van der Waals surface area contributed by atoms with Crippen molar-refractivity contribution in [1.82, 2.24) is 0 Å². The molecule has 0 saturated heterocycles. The second kappa shape index (κ2) is 46.5. The SMILES string of the molecule is C=C.C=CC(=C)C(=C)/C=C\C.CC.CC.CC. The molecule has 0 saturated carbocycles. The van der Waals surface area contributed by atoms with Gasteiger partial charge in [0.25, 0.3) is 0 Å². The second-order valence-corrected chi connectivity index (χ2v) is 1.75. The fourth-order valence-corrected chi connectivity index (χ4v) is 0.439. The molecule has 0 radical (unpaired) electrons. The van der Waals surface area contributed by atoms with Crippen molar-refractivity contribution in [2.75, 3.05) is 0 Å². The van der Waals surface area contributed by atoms with Crippen molar-refractivity contribution in [2.24, 2.45) is 0 Å². The summed E-state index contributed by atoms with van der Waals surface area (Å²) in [6, 6.07) is 0. The third kappa shape index (κ3) is 40.0. The van der Waals surface area contributed by atoms with Gasteiger partial charge in [-0.15, -0.1) is 13.2 Å². The Morgan fingerprint density at radius 3 is 1.24 bits per heavy atom. The number of allylic oxidation sites excluding steroid dienone is 5. The summed E-state index contributed by atoms with van der Waals surface area (Å²) < 4.78 is 0. The summed E-state index contributed by atoms with van der Waals surface area (Å²) in [5.74, 6) is 0. The summed E-state index contributed by atoms with van der Waals surface area (Å²) >= 11 is 0. The molecule has 0 atom stereocenters. The van der Waals surface area contributed by atoms with Gasteiger partial charge in [0.05, 0.1) is 0 Å². The lowest BCUT2D eigenvalue weighted by molar-refractivity contribution is 1.50. The Hall–Kier alpha value is -1.30. The number of hydrogen-bond acceptors (Lipinski definition) is 0. The molecule has 0 aromatic carbocycles. The third-order valence-corrected chi connectivity index (χ3v) is 1.03. The molecular formula is C17H34. The molecule has 0 aliphatic carbocycles. The Morgan fingerprint density at radius 1 is 0.765 bits per heavy atom. The molecule has 0 bridgehead atoms. The van der Waals surface area contributed by atoms with Crippen molar-refractivity contribution in [3.05, 3.63) is 62.3 Å². The fraction of sp³-hybridized carbons (Fsp3) is 0.412. The summed E-state index contributed by atoms with van der Waals surface area (Å²) in [5, 5.41) is 0. The van der Waals surface area contributed by atoms with Crippen molar-refractivity contribution >= 4 is 0 Å². The number of rotatable bonds is 3. The highest BCUT2D eigenvalue weighted by atomic mass is 13.9. The first-order chi connectivity index (χ1) is 8.22. The van der Waals surface area contributed by atoms with E-state index >= 15 is 0 Å². The average Bonchev–Trinajstić information content (AvgIpc) is 2.47. The highest BCUT2D eigenvalue weighted by Crippen LogP contribution is 2.06. The first kappa shape index (κ1) is 29.6. The van der Waals surface area contributed by atoms with Crippen LogP contribution < -0.4 is 0 Å². The van der Waals surface area contributed by atoms with Crippen LogP contribution in [-0.4, -0.2) is 0 Å². The van der Waals surface area contributed by atoms with Gasteiger partial charge in [-0.1, -0.05) is 79.5 Å². The molecule has 0 heterocycles. The summed E-state index contributed by atoms with van der Waals surface area (Å²) in [6.07, 6.45) is 5.53. The van der Waals surface area contributed by atoms with Crippen molar-refractivity contribution in [3.8, 4) is 0 Å². The quantitative estimate of drug-likeness (QED) is 0.377. The van der Waals surface area contributed by atoms with Gasteiger partial charge in [-0.25, -0.2) is 0 Å². The lowest BCUT2D eigenvalue weighted by Crippen LogP contribution is -1.74. The lowest BCUT2D eigenvalue weighted by atomic mass is 10.1. The van der Waals surface area contributed by atoms with Crippen molar-refractivity contribution in [3.63, 3.8) is 0 Å². The predicted octanol–water partition coefficient (Wildman–Crippen LogP) is 6.74. The Bertz CT molecular complexity index is 170. The van der Waals surface area contributed by atoms with E-state index in [1.807, 2.05) is 60.6 Å². The van der Waals surface area contributed by atoms with E-state index in [9.17, 15) is 0 Å². The zero-order chi connectivity index (χ0) is 15.3. The summed E-state index contributed by atoms with van der Waals surface area (Å²) in [6.45, 7) is 31.0. The van der Waals surface area contributed by atoms with E-state index in [2.05, 4.69) is 32.9 Å². The van der Waals surface area contributed by atoms with Gasteiger partial charge in [-0.3, -0.25) is 0 Å². The minimum atomic E-state index is 0.883. The molecule has 17 heavy (non-hydrogen) atoms. The van der Waals surface area contributed by atoms with Gasteiger partial charge in [0.1, 0.15) is 0 Å². The van der Waals surface area contributed by atoms with Gasteiger partial charge in [-0.05, 0) is 18.1 Å². The van der Waals surface area contributed by atoms with Crippen molar-refractivity contribution < 1.29 is 0 Å². The van der Waals surface area contributed by atoms with Gasteiger partial charge in [0.15, 0.2) is 0 Å². The normalized spacial score (nSPS) is 6.29. The van der Waals surface area contributed by atoms with Crippen LogP contribution in [0, 0.1) is 0 Å². The standard InChI is InChI=1S/C9H12.3C2H6.C2H4/c1-5-7-9(4)8(3)6-2;4*1-2/h5-7H,2-4H2,1H3;3*1-2H3;1-2H2/b7-5-;;;;. The van der Waals surface area contributed by atoms with Gasteiger partial charge >= 0.3 is 0 Å². The molecule has 102 valence electrons. The lowest BCUT2D eigenvalue weighted by Gasteiger charge is -1.94. The zero-order valence-corrected chi connectivity index (χ0v) is 13.3. The van der Waals surface area contributed by atoms with Gasteiger partial charge < -0.3 is 0 Å². The van der Waals surface area contributed by atoms with Gasteiger partial charge in [0, 0.05) is 0 Å². The van der Waals surface area contributed by atoms with E-state index in [0.29, 0.717) is 0 Å². The highest BCUT2D eigenvalue weighted by Gasteiger charge is 1.86. The first-order valence-electron chi connectivity index (χ1n) is 6.35. The first-order valence-corrected chi connectivity index (χ1v) is 6.35. The molecule has 0 spiro atoms. The van der Waals surface area contributed by atoms with Crippen LogP contribution in [-0.2, 0) is 0 Å². The van der Waals surface area contributed by atoms with Crippen LogP contribution in [0.2, 0.25) is 0 Å². The van der Waals surface area contributed by atoms with Crippen LogP contribution in [0.5, 0.6) is 0 Å². The molecule has 0 rings (SSSR count). The van der Waals surface area contributed by atoms with Gasteiger partial charge in [-0.2, -0.15) is 0 Å². The molecule has 0 amide bonds. The van der Waals surface area contributed by atoms with E-state index in [-0.39, 0.29) is 0 Å². The third-order valence-electron chi connectivity index (χ3n) is 1.03. The van der Waals surface area contributed by atoms with Gasteiger partial charge in [0.2, 0.25) is 0 Å². The minimum Gasteiger partial charge on any atom is -0.106 e. The summed E-state index contributed by atoms with van der Waals surface area (Å²) in [4.78, 5) is 0. The van der Waals surface area contributed by atoms with Crippen molar-refractivity contribution in [1.29, 1.82) is 0 Å². The monoisotopic (exact) mass is 238 g/mol. The molecule has 0 aromatic heterocycles. The van der Waals surface area contributed by atoms with Crippen LogP contribution in [0.4, 0.5) is 0 Å². The van der Waals surface area contributed by atoms with Crippen LogP contribution in [0.3, 0.4) is 0 Å². The minimum absolute atomic E-state index is 0.883. The molecule has 0 fully saturated rings. The van der Waals surface area contributed by atoms with Crippen LogP contribution in [0.25, 0.3) is 0 Å². The molecule has 0 unspecified atom stereocenters. The van der Waals surface area contributed by atoms with E-state index in [4.69, 9.17) is 0 Å². The van der Waals surface area contributed by atoms with E-state index in [1.54, 1.807) is 6.08 Å². The maximum Gasteiger partial charge on any atom is -0.0266 e. The molecular weight excluding hydrogens is 204 g/mol. The molecule has 0 heteroatoms. The fourth-order valence-electron chi connectivity index (χ4n) is 0.439. The Kier molecular flexibility index (Phi) is 81.1. The maximum atomic E-state index is 3.76. The zero-order valence-electron chi connectivity index (χ0n) is 13.3. The average molecular weight is 238 g/mol. The highest BCUT2D eigenvalue weighted by molar-refractivity contribution is 5.41. The smallest absolute Gasteiger partial charge is 0.0266 e. The molecule has 0 aromatic rings. The second-order valence-electron chi connectivity index (χ2n) is 1.75. The Labute approximate surface area is 111 Å². The molecule has 0 aliphatic heterocycles. The van der Waals surface area contributed by atoms with Crippen LogP contribution in [0.15, 0.2) is 62.3 Å². The molecule has 0 N–H and O–H groups in total. The summed E-state index contributed by atoms with van der Waals surface area (Å²) in [7, 11) is 0. The predicted molar refractivity (Wildman–Crippen MR) is 88.6 cm³/mol. The van der Waals surface area contributed by atoms with Crippen LogP contribution >= 0.6 is 0 Å². The van der Waals surface area contributed by atoms with E-state index in [1.165, 1.54) is 0 Å². The van der Waals surface area contributed by atoms with Crippen molar-refractivity contribution in [2.45, 2.75) is 48.5 Å². The van der Waals surface area contributed by atoms with E-state index < -0.39 is 0 Å². The Balaban J connectivity index is -0.0000000507. The topological polar surface area (TPSA) is 0 Å². The maximum absolute atomic E-state index is 3.76. The van der Waals surface area contributed by atoms with Crippen LogP contribution in [0.1, 0.15) is 48.5 Å². The molecule has 0 nitrogen and oxygen atoms in total. The van der Waals surface area contributed by atoms with E-state index in [0.717, 1.165) is 11.1 Å².